The van der Waals surface area contributed by atoms with E-state index in [1.807, 2.05) is 5.38 Å². The van der Waals surface area contributed by atoms with Crippen molar-refractivity contribution in [2.24, 2.45) is 5.73 Å². The Morgan fingerprint density at radius 2 is 1.88 bits per heavy atom. The van der Waals surface area contributed by atoms with Gasteiger partial charge in [-0.15, -0.1) is 11.3 Å². The Morgan fingerprint density at radius 1 is 1.12 bits per heavy atom. The molecule has 33 heavy (non-hydrogen) atoms. The lowest BCUT2D eigenvalue weighted by Crippen LogP contribution is -2.34. The first-order chi connectivity index (χ1) is 15.7. The van der Waals surface area contributed by atoms with Crippen molar-refractivity contribution in [1.82, 2.24) is 5.32 Å². The summed E-state index contributed by atoms with van der Waals surface area (Å²) >= 11 is 1.38. The molecule has 11 heteroatoms. The largest absolute Gasteiger partial charge is 0.495 e. The molecule has 3 aromatic rings. The van der Waals surface area contributed by atoms with Crippen LogP contribution in [0.5, 0.6) is 5.75 Å². The number of nitrogens with one attached hydrogen (secondary N) is 3. The molecule has 0 saturated carbocycles. The first kappa shape index (κ1) is 24.1. The van der Waals surface area contributed by atoms with Crippen LogP contribution in [0.2, 0.25) is 0 Å². The summed E-state index contributed by atoms with van der Waals surface area (Å²) in [6.07, 6.45) is -0.0706. The van der Waals surface area contributed by atoms with Crippen molar-refractivity contribution < 1.29 is 22.7 Å². The van der Waals surface area contributed by atoms with E-state index in [2.05, 4.69) is 15.4 Å². The minimum absolute atomic E-state index is 0.0104. The Labute approximate surface area is 196 Å². The average Bonchev–Trinajstić information content (AvgIpc) is 3.29. The highest BCUT2D eigenvalue weighted by molar-refractivity contribution is 7.92. The highest BCUT2D eigenvalue weighted by Crippen LogP contribution is 2.29. The van der Waals surface area contributed by atoms with Gasteiger partial charge in [-0.05, 0) is 48.2 Å². The van der Waals surface area contributed by atoms with Crippen LogP contribution in [0.25, 0.3) is 0 Å². The second kappa shape index (κ2) is 10.4. The minimum atomic E-state index is -3.96. The van der Waals surface area contributed by atoms with Gasteiger partial charge in [0, 0.05) is 10.6 Å². The molecule has 0 spiro atoms. The number of aryl methyl sites for hydroxylation is 1. The van der Waals surface area contributed by atoms with Gasteiger partial charge in [0.2, 0.25) is 5.91 Å². The van der Waals surface area contributed by atoms with Crippen LogP contribution in [0, 0.1) is 6.92 Å². The van der Waals surface area contributed by atoms with Crippen LogP contribution in [-0.4, -0.2) is 27.5 Å². The molecule has 3 rings (SSSR count). The van der Waals surface area contributed by atoms with Gasteiger partial charge in [0.15, 0.2) is 0 Å². The molecule has 0 radical (unpaired) electrons. The topological polar surface area (TPSA) is 140 Å². The summed E-state index contributed by atoms with van der Waals surface area (Å²) in [7, 11) is -2.51. The fraction of sp³-hybridized carbons (Fsp3) is 0.182. The zero-order chi connectivity index (χ0) is 24.0. The molecule has 0 saturated heterocycles. The van der Waals surface area contributed by atoms with Crippen LogP contribution in [0.15, 0.2) is 64.9 Å². The Balaban J connectivity index is 1.79. The number of benzene rings is 2. The molecular weight excluding hydrogens is 464 g/mol. The second-order valence-electron chi connectivity index (χ2n) is 7.11. The summed E-state index contributed by atoms with van der Waals surface area (Å²) in [6, 6.07) is 13.5. The van der Waals surface area contributed by atoms with Crippen molar-refractivity contribution in [1.29, 1.82) is 0 Å². The number of carbonyl (C=O) groups is 2. The molecule has 2 aromatic carbocycles. The van der Waals surface area contributed by atoms with Crippen molar-refractivity contribution in [3.05, 3.63) is 70.4 Å². The summed E-state index contributed by atoms with van der Waals surface area (Å²) in [5, 5.41) is 7.07. The van der Waals surface area contributed by atoms with Gasteiger partial charge in [-0.1, -0.05) is 24.3 Å². The van der Waals surface area contributed by atoms with Gasteiger partial charge in [0.1, 0.15) is 5.75 Å². The maximum atomic E-state index is 13.0. The zero-order valence-corrected chi connectivity index (χ0v) is 19.6. The maximum absolute atomic E-state index is 13.0. The number of nitrogens with two attached hydrogens (primary N) is 1. The van der Waals surface area contributed by atoms with Gasteiger partial charge in [-0.25, -0.2) is 13.2 Å². The van der Waals surface area contributed by atoms with Gasteiger partial charge in [-0.3, -0.25) is 9.52 Å². The maximum Gasteiger partial charge on any atom is 0.312 e. The normalized spacial score (nSPS) is 11.9. The summed E-state index contributed by atoms with van der Waals surface area (Å²) < 4.78 is 33.8. The van der Waals surface area contributed by atoms with Gasteiger partial charge in [0.25, 0.3) is 10.0 Å². The number of carbonyl (C=O) groups excluding carboxylic acids is 2. The monoisotopic (exact) mass is 488 g/mol. The number of rotatable bonds is 9. The van der Waals surface area contributed by atoms with Gasteiger partial charge in [-0.2, -0.15) is 0 Å². The average molecular weight is 489 g/mol. The molecule has 3 amide bonds. The number of amides is 3. The highest BCUT2D eigenvalue weighted by Gasteiger charge is 2.21. The summed E-state index contributed by atoms with van der Waals surface area (Å²) in [4.78, 5) is 24.8. The molecule has 0 aliphatic carbocycles. The first-order valence-electron chi connectivity index (χ1n) is 9.85. The molecule has 0 aliphatic heterocycles. The van der Waals surface area contributed by atoms with Gasteiger partial charge >= 0.3 is 6.03 Å². The van der Waals surface area contributed by atoms with E-state index < -0.39 is 28.0 Å². The predicted octanol–water partition coefficient (Wildman–Crippen LogP) is 3.60. The highest BCUT2D eigenvalue weighted by atomic mass is 32.2. The lowest BCUT2D eigenvalue weighted by Gasteiger charge is -2.17. The number of hydrogen-bond acceptors (Lipinski definition) is 6. The Bertz CT molecular complexity index is 1240. The van der Waals surface area contributed by atoms with Gasteiger partial charge < -0.3 is 21.1 Å². The number of para-hydroxylation sites is 2. The van der Waals surface area contributed by atoms with E-state index >= 15 is 0 Å². The fourth-order valence-corrected chi connectivity index (χ4v) is 5.30. The third-order valence-electron chi connectivity index (χ3n) is 4.71. The minimum Gasteiger partial charge on any atom is -0.495 e. The van der Waals surface area contributed by atoms with Crippen molar-refractivity contribution in [2.45, 2.75) is 24.3 Å². The first-order valence-corrected chi connectivity index (χ1v) is 12.2. The van der Waals surface area contributed by atoms with Crippen LogP contribution >= 0.6 is 11.3 Å². The van der Waals surface area contributed by atoms with E-state index in [0.29, 0.717) is 22.7 Å². The number of urea groups is 1. The fourth-order valence-electron chi connectivity index (χ4n) is 3.18. The van der Waals surface area contributed by atoms with Crippen LogP contribution in [0.4, 0.5) is 16.2 Å². The quantitative estimate of drug-likeness (QED) is 0.364. The van der Waals surface area contributed by atoms with Crippen LogP contribution in [0.3, 0.4) is 0 Å². The predicted molar refractivity (Wildman–Crippen MR) is 128 cm³/mol. The third kappa shape index (κ3) is 6.24. The molecule has 174 valence electrons. The second-order valence-corrected chi connectivity index (χ2v) is 9.75. The van der Waals surface area contributed by atoms with Crippen molar-refractivity contribution in [3.63, 3.8) is 0 Å². The summed E-state index contributed by atoms with van der Waals surface area (Å²) in [5.74, 6) is -0.0307. The van der Waals surface area contributed by atoms with E-state index in [9.17, 15) is 18.0 Å². The molecule has 5 N–H and O–H groups in total. The number of ether oxygens (including phenoxy) is 1. The molecule has 0 bridgehead atoms. The number of sulfonamides is 1. The summed E-state index contributed by atoms with van der Waals surface area (Å²) in [5.41, 5.74) is 6.34. The lowest BCUT2D eigenvalue weighted by atomic mass is 10.1. The van der Waals surface area contributed by atoms with E-state index in [0.717, 1.165) is 4.88 Å². The standard InChI is InChI=1S/C22H24N4O5S2/c1-14-9-10-15(24-21(27)13-17(25-22(23)28)19-8-5-11-32-19)12-20(14)33(29,30)26-16-6-3-4-7-18(16)31-2/h3-12,17,26H,13H2,1-2H3,(H,24,27)(H3,23,25,28). The van der Waals surface area contributed by atoms with Crippen molar-refractivity contribution in [3.8, 4) is 5.75 Å². The molecule has 1 heterocycles. The number of thiophene rings is 1. The van der Waals surface area contributed by atoms with E-state index in [1.165, 1.54) is 24.5 Å². The number of anilines is 2. The molecule has 0 aliphatic rings. The Kier molecular flexibility index (Phi) is 7.56. The molecular formula is C22H24N4O5S2. The van der Waals surface area contributed by atoms with Gasteiger partial charge in [0.05, 0.1) is 30.2 Å². The molecule has 1 atom stereocenters. The van der Waals surface area contributed by atoms with Crippen molar-refractivity contribution >= 4 is 44.7 Å². The molecule has 0 fully saturated rings. The molecule has 1 aromatic heterocycles. The van der Waals surface area contributed by atoms with E-state index in [-0.39, 0.29) is 11.3 Å². The number of primary amides is 1. The SMILES string of the molecule is COc1ccccc1NS(=O)(=O)c1cc(NC(=O)CC(NC(N)=O)c2cccs2)ccc1C. The number of methoxy groups -OCH3 is 1. The van der Waals surface area contributed by atoms with E-state index in [4.69, 9.17) is 10.5 Å². The van der Waals surface area contributed by atoms with Crippen LogP contribution < -0.4 is 25.8 Å². The third-order valence-corrected chi connectivity index (χ3v) is 7.20. The van der Waals surface area contributed by atoms with Crippen LogP contribution in [0.1, 0.15) is 22.9 Å². The van der Waals surface area contributed by atoms with Crippen LogP contribution in [-0.2, 0) is 14.8 Å². The van der Waals surface area contributed by atoms with E-state index in [1.54, 1.807) is 55.5 Å². The lowest BCUT2D eigenvalue weighted by molar-refractivity contribution is -0.116. The van der Waals surface area contributed by atoms with Crippen molar-refractivity contribution in [2.75, 3.05) is 17.1 Å². The Morgan fingerprint density at radius 3 is 2.55 bits per heavy atom. The summed E-state index contributed by atoms with van der Waals surface area (Å²) in [6.45, 7) is 1.66. The number of hydrogen-bond donors (Lipinski definition) is 4. The smallest absolute Gasteiger partial charge is 0.312 e. The molecule has 1 unspecified atom stereocenters. The zero-order valence-electron chi connectivity index (χ0n) is 18.0. The molecule has 9 nitrogen and oxygen atoms in total. The Hall–Kier alpha value is -3.57.